The number of rotatable bonds is 4. The molecule has 0 radical (unpaired) electrons. The number of nitrogens with one attached hydrogen (secondary N) is 2. The molecule has 0 aliphatic carbocycles. The highest BCUT2D eigenvalue weighted by Crippen LogP contribution is 2.18. The molecule has 8 heteroatoms. The van der Waals surface area contributed by atoms with Crippen LogP contribution in [0.5, 0.6) is 0 Å². The van der Waals surface area contributed by atoms with Gasteiger partial charge in [0, 0.05) is 32.4 Å². The highest BCUT2D eigenvalue weighted by Gasteiger charge is 2.08. The molecule has 3 aromatic rings. The average molecular weight is 278 g/mol. The van der Waals surface area contributed by atoms with Crippen molar-refractivity contribution < 1.29 is 0 Å². The van der Waals surface area contributed by atoms with Gasteiger partial charge in [0.1, 0.15) is 11.3 Å². The minimum Gasteiger partial charge on any atom is -0.368 e. The summed E-state index contributed by atoms with van der Waals surface area (Å²) in [4.78, 5) is 19.5. The number of fused-ring (bicyclic) bond motifs is 1. The Morgan fingerprint density at radius 1 is 1.37 bits per heavy atom. The van der Waals surface area contributed by atoms with Gasteiger partial charge in [-0.3, -0.25) is 0 Å². The van der Waals surface area contributed by atoms with Gasteiger partial charge in [-0.15, -0.1) is 0 Å². The molecule has 0 spiro atoms. The Kier molecular flexibility index (Phi) is 3.04. The zero-order valence-corrected chi connectivity index (χ0v) is 11.0. The number of aryl methyl sites for hydroxylation is 1. The smallest absolute Gasteiger partial charge is 0.226 e. The minimum absolute atomic E-state index is 0.180. The minimum atomic E-state index is 0.180. The van der Waals surface area contributed by atoms with Crippen LogP contribution in [0, 0.1) is 0 Å². The van der Waals surface area contributed by atoms with Crippen LogP contribution < -0.4 is 5.32 Å². The average Bonchev–Trinajstić information content (AvgIpc) is 2.98. The molecule has 0 bridgehead atoms. The maximum atomic E-state index is 5.85. The number of hydrogen-bond acceptors (Lipinski definition) is 5. The van der Waals surface area contributed by atoms with Crippen molar-refractivity contribution in [3.63, 3.8) is 0 Å². The molecule has 98 valence electrons. The van der Waals surface area contributed by atoms with Crippen molar-refractivity contribution in [1.82, 2.24) is 29.5 Å². The van der Waals surface area contributed by atoms with Crippen LogP contribution in [0.25, 0.3) is 11.2 Å². The van der Waals surface area contributed by atoms with E-state index in [4.69, 9.17) is 11.6 Å². The summed E-state index contributed by atoms with van der Waals surface area (Å²) < 4.78 is 1.99. The van der Waals surface area contributed by atoms with Gasteiger partial charge >= 0.3 is 0 Å². The van der Waals surface area contributed by atoms with E-state index in [1.54, 1.807) is 12.5 Å². The predicted molar refractivity (Wildman–Crippen MR) is 72.1 cm³/mol. The molecule has 0 saturated heterocycles. The number of aromatic amines is 1. The van der Waals surface area contributed by atoms with E-state index in [-0.39, 0.29) is 5.28 Å². The van der Waals surface area contributed by atoms with Gasteiger partial charge in [-0.25, -0.2) is 9.97 Å². The lowest BCUT2D eigenvalue weighted by Crippen LogP contribution is -2.10. The standard InChI is InChI=1S/C11H12ClN7/c1-19-5-4-13-7(19)2-3-14-9-8-10(16-6-15-8)18-11(12)17-9/h4-6H,2-3H2,1H3,(H2,14,15,16,17,18). The van der Waals surface area contributed by atoms with E-state index in [1.165, 1.54) is 0 Å². The Morgan fingerprint density at radius 3 is 3.05 bits per heavy atom. The molecule has 0 unspecified atom stereocenters. The third-order valence-electron chi connectivity index (χ3n) is 2.82. The molecule has 3 rings (SSSR count). The lowest BCUT2D eigenvalue weighted by Gasteiger charge is -2.06. The van der Waals surface area contributed by atoms with Gasteiger partial charge < -0.3 is 14.9 Å². The van der Waals surface area contributed by atoms with Crippen LogP contribution in [-0.2, 0) is 13.5 Å². The Bertz CT molecular complexity index is 702. The van der Waals surface area contributed by atoms with Gasteiger partial charge in [-0.1, -0.05) is 0 Å². The first-order chi connectivity index (χ1) is 9.24. The topological polar surface area (TPSA) is 84.3 Å². The van der Waals surface area contributed by atoms with Crippen LogP contribution in [0.3, 0.4) is 0 Å². The molecule has 3 aromatic heterocycles. The van der Waals surface area contributed by atoms with Crippen molar-refractivity contribution in [2.75, 3.05) is 11.9 Å². The molecule has 7 nitrogen and oxygen atoms in total. The summed E-state index contributed by atoms with van der Waals surface area (Å²) in [7, 11) is 1.97. The van der Waals surface area contributed by atoms with E-state index in [1.807, 2.05) is 17.8 Å². The van der Waals surface area contributed by atoms with Crippen molar-refractivity contribution in [1.29, 1.82) is 0 Å². The molecule has 2 N–H and O–H groups in total. The first-order valence-electron chi connectivity index (χ1n) is 5.81. The van der Waals surface area contributed by atoms with Gasteiger partial charge in [0.05, 0.1) is 6.33 Å². The summed E-state index contributed by atoms with van der Waals surface area (Å²) in [5, 5.41) is 3.40. The summed E-state index contributed by atoms with van der Waals surface area (Å²) in [5.74, 6) is 1.66. The summed E-state index contributed by atoms with van der Waals surface area (Å²) >= 11 is 5.85. The van der Waals surface area contributed by atoms with E-state index in [0.717, 1.165) is 17.8 Å². The molecule has 0 aliphatic heterocycles. The van der Waals surface area contributed by atoms with E-state index < -0.39 is 0 Å². The van der Waals surface area contributed by atoms with Crippen LogP contribution in [-0.4, -0.2) is 36.0 Å². The maximum Gasteiger partial charge on any atom is 0.226 e. The number of hydrogen-bond donors (Lipinski definition) is 2. The normalized spacial score (nSPS) is 11.1. The van der Waals surface area contributed by atoms with E-state index in [0.29, 0.717) is 18.0 Å². The van der Waals surface area contributed by atoms with Gasteiger partial charge in [-0.05, 0) is 11.6 Å². The van der Waals surface area contributed by atoms with Crippen LogP contribution in [0.15, 0.2) is 18.7 Å². The largest absolute Gasteiger partial charge is 0.368 e. The fraction of sp³-hybridized carbons (Fsp3) is 0.273. The molecule has 0 amide bonds. The van der Waals surface area contributed by atoms with Crippen LogP contribution >= 0.6 is 11.6 Å². The third kappa shape index (κ3) is 2.37. The second-order valence-electron chi connectivity index (χ2n) is 4.07. The molecule has 19 heavy (non-hydrogen) atoms. The predicted octanol–water partition coefficient (Wildman–Crippen LogP) is 1.39. The zero-order valence-electron chi connectivity index (χ0n) is 10.3. The molecule has 0 aromatic carbocycles. The zero-order chi connectivity index (χ0) is 13.2. The molecular weight excluding hydrogens is 266 g/mol. The summed E-state index contributed by atoms with van der Waals surface area (Å²) in [6.07, 6.45) is 6.06. The van der Waals surface area contributed by atoms with Crippen molar-refractivity contribution in [2.24, 2.45) is 7.05 Å². The lowest BCUT2D eigenvalue weighted by molar-refractivity contribution is 0.788. The molecular formula is C11H12ClN7. The Balaban J connectivity index is 1.75. The fourth-order valence-corrected chi connectivity index (χ4v) is 2.03. The number of aromatic nitrogens is 6. The Morgan fingerprint density at radius 2 is 2.26 bits per heavy atom. The van der Waals surface area contributed by atoms with Crippen molar-refractivity contribution in [3.8, 4) is 0 Å². The Hall–Kier alpha value is -2.15. The molecule has 0 saturated carbocycles. The van der Waals surface area contributed by atoms with Crippen molar-refractivity contribution in [2.45, 2.75) is 6.42 Å². The molecule has 0 fully saturated rings. The SMILES string of the molecule is Cn1ccnc1CCNc1nc(Cl)nc2nc[nH]c12. The number of nitrogens with zero attached hydrogens (tertiary/aromatic N) is 5. The Labute approximate surface area is 114 Å². The van der Waals surface area contributed by atoms with Crippen molar-refractivity contribution >= 4 is 28.6 Å². The van der Waals surface area contributed by atoms with Gasteiger partial charge in [-0.2, -0.15) is 9.97 Å². The van der Waals surface area contributed by atoms with E-state index >= 15 is 0 Å². The van der Waals surface area contributed by atoms with Gasteiger partial charge in [0.15, 0.2) is 11.5 Å². The van der Waals surface area contributed by atoms with Crippen LogP contribution in [0.4, 0.5) is 5.82 Å². The van der Waals surface area contributed by atoms with E-state index in [2.05, 4.69) is 30.2 Å². The molecule has 3 heterocycles. The number of halogens is 1. The fourth-order valence-electron chi connectivity index (χ4n) is 1.86. The summed E-state index contributed by atoms with van der Waals surface area (Å²) in [5.41, 5.74) is 1.31. The second-order valence-corrected chi connectivity index (χ2v) is 4.41. The highest BCUT2D eigenvalue weighted by molar-refractivity contribution is 6.28. The quantitative estimate of drug-likeness (QED) is 0.704. The van der Waals surface area contributed by atoms with Crippen LogP contribution in [0.2, 0.25) is 5.28 Å². The number of H-pyrrole nitrogens is 1. The van der Waals surface area contributed by atoms with Crippen LogP contribution in [0.1, 0.15) is 5.82 Å². The van der Waals surface area contributed by atoms with Gasteiger partial charge in [0.2, 0.25) is 5.28 Å². The third-order valence-corrected chi connectivity index (χ3v) is 2.99. The highest BCUT2D eigenvalue weighted by atomic mass is 35.5. The monoisotopic (exact) mass is 277 g/mol. The van der Waals surface area contributed by atoms with E-state index in [9.17, 15) is 0 Å². The molecule has 0 atom stereocenters. The summed E-state index contributed by atoms with van der Waals surface area (Å²) in [6, 6.07) is 0. The lowest BCUT2D eigenvalue weighted by atomic mass is 10.4. The van der Waals surface area contributed by atoms with Crippen molar-refractivity contribution in [3.05, 3.63) is 29.8 Å². The second kappa shape index (κ2) is 4.85. The van der Waals surface area contributed by atoms with Gasteiger partial charge in [0.25, 0.3) is 0 Å². The first kappa shape index (κ1) is 11.9. The summed E-state index contributed by atoms with van der Waals surface area (Å²) in [6.45, 7) is 0.701. The molecule has 0 aliphatic rings. The maximum absolute atomic E-state index is 5.85. The number of anilines is 1. The first-order valence-corrected chi connectivity index (χ1v) is 6.18. The number of imidazole rings is 2.